The number of nitro groups is 1. The molecule has 0 saturated carbocycles. The molecule has 3 aromatic heterocycles. The summed E-state index contributed by atoms with van der Waals surface area (Å²) in [5.41, 5.74) is 0.618. The third-order valence-corrected chi connectivity index (χ3v) is 5.06. The maximum atomic E-state index is 13.0. The molecule has 0 radical (unpaired) electrons. The molecule has 0 atom stereocenters. The summed E-state index contributed by atoms with van der Waals surface area (Å²) in [6.07, 6.45) is 2.65. The monoisotopic (exact) mass is 459 g/mol. The van der Waals surface area contributed by atoms with Crippen molar-refractivity contribution in [1.29, 1.82) is 0 Å². The van der Waals surface area contributed by atoms with E-state index in [1.807, 2.05) is 31.2 Å². The molecule has 0 fully saturated rings. The summed E-state index contributed by atoms with van der Waals surface area (Å²) in [4.78, 5) is 32.5. The molecule has 12 nitrogen and oxygen atoms in total. The van der Waals surface area contributed by atoms with E-state index in [0.29, 0.717) is 12.4 Å². The van der Waals surface area contributed by atoms with E-state index in [9.17, 15) is 14.9 Å². The Labute approximate surface area is 191 Å². The van der Waals surface area contributed by atoms with Gasteiger partial charge in [-0.1, -0.05) is 17.3 Å². The lowest BCUT2D eigenvalue weighted by Gasteiger charge is -2.05. The Morgan fingerprint density at radius 1 is 1.15 bits per heavy atom. The summed E-state index contributed by atoms with van der Waals surface area (Å²) >= 11 is 0. The fourth-order valence-electron chi connectivity index (χ4n) is 3.48. The van der Waals surface area contributed by atoms with Gasteiger partial charge in [-0.15, -0.1) is 0 Å². The fraction of sp³-hybridized carbons (Fsp3) is 0.136. The molecule has 12 heteroatoms. The lowest BCUT2D eigenvalue weighted by molar-refractivity contribution is -0.384. The minimum Gasteiger partial charge on any atom is -0.494 e. The van der Waals surface area contributed by atoms with Gasteiger partial charge in [0.15, 0.2) is 5.65 Å². The van der Waals surface area contributed by atoms with E-state index in [1.54, 1.807) is 18.2 Å². The third-order valence-electron chi connectivity index (χ3n) is 5.06. The van der Waals surface area contributed by atoms with Crippen LogP contribution >= 0.6 is 0 Å². The Balaban J connectivity index is 1.44. The van der Waals surface area contributed by atoms with E-state index in [-0.39, 0.29) is 34.8 Å². The van der Waals surface area contributed by atoms with Crippen LogP contribution in [0.5, 0.6) is 5.75 Å². The SMILES string of the molecule is CCOc1ccc(-c2noc(Cn3cnc4c(cnn4-c4ccccc4[N+](=O)[O-])c3=O)n2)cc1. The summed E-state index contributed by atoms with van der Waals surface area (Å²) in [6.45, 7) is 2.48. The van der Waals surface area contributed by atoms with Gasteiger partial charge in [0.2, 0.25) is 11.7 Å². The zero-order chi connectivity index (χ0) is 23.7. The van der Waals surface area contributed by atoms with Crippen molar-refractivity contribution in [3.8, 4) is 22.8 Å². The van der Waals surface area contributed by atoms with Gasteiger partial charge < -0.3 is 9.26 Å². The van der Waals surface area contributed by atoms with Crippen molar-refractivity contribution in [3.05, 3.63) is 87.4 Å². The van der Waals surface area contributed by atoms with Gasteiger partial charge >= 0.3 is 0 Å². The fourth-order valence-corrected chi connectivity index (χ4v) is 3.48. The molecule has 0 aliphatic rings. The number of rotatable bonds is 7. The van der Waals surface area contributed by atoms with Crippen LogP contribution in [0, 0.1) is 10.1 Å². The molecular formula is C22H17N7O5. The second-order valence-corrected chi connectivity index (χ2v) is 7.19. The summed E-state index contributed by atoms with van der Waals surface area (Å²) in [6, 6.07) is 13.4. The molecule has 0 bridgehead atoms. The van der Waals surface area contributed by atoms with Crippen LogP contribution in [0.1, 0.15) is 12.8 Å². The molecule has 2 aromatic carbocycles. The number of nitro benzene ring substituents is 1. The lowest BCUT2D eigenvalue weighted by Crippen LogP contribution is -2.21. The Bertz CT molecular complexity index is 1550. The first-order valence-corrected chi connectivity index (χ1v) is 10.3. The van der Waals surface area contributed by atoms with Crippen molar-refractivity contribution in [2.75, 3.05) is 6.61 Å². The van der Waals surface area contributed by atoms with Crippen molar-refractivity contribution >= 4 is 16.7 Å². The van der Waals surface area contributed by atoms with E-state index in [2.05, 4.69) is 20.2 Å². The first-order valence-electron chi connectivity index (χ1n) is 10.3. The standard InChI is InChI=1S/C22H17N7O5/c1-2-33-15-9-7-14(8-10-15)20-25-19(34-26-20)12-27-13-23-21-16(22(27)30)11-24-28(21)17-5-3-4-6-18(17)29(31)32/h3-11,13H,2,12H2,1H3. The predicted molar refractivity (Wildman–Crippen MR) is 120 cm³/mol. The van der Waals surface area contributed by atoms with Crippen LogP contribution in [0.2, 0.25) is 0 Å². The topological polar surface area (TPSA) is 144 Å². The van der Waals surface area contributed by atoms with E-state index in [1.165, 1.54) is 27.8 Å². The molecule has 0 unspecified atom stereocenters. The van der Waals surface area contributed by atoms with Crippen molar-refractivity contribution < 1.29 is 14.2 Å². The third kappa shape index (κ3) is 3.77. The molecule has 0 saturated heterocycles. The zero-order valence-electron chi connectivity index (χ0n) is 17.9. The summed E-state index contributed by atoms with van der Waals surface area (Å²) in [5.74, 6) is 1.34. The number of hydrogen-bond donors (Lipinski definition) is 0. The van der Waals surface area contributed by atoms with Crippen molar-refractivity contribution in [3.63, 3.8) is 0 Å². The highest BCUT2D eigenvalue weighted by atomic mass is 16.6. The van der Waals surface area contributed by atoms with Gasteiger partial charge in [0.1, 0.15) is 29.7 Å². The molecule has 0 amide bonds. The molecule has 170 valence electrons. The molecule has 34 heavy (non-hydrogen) atoms. The molecule has 0 spiro atoms. The van der Waals surface area contributed by atoms with Gasteiger partial charge in [0.05, 0.1) is 17.7 Å². The van der Waals surface area contributed by atoms with E-state index in [0.717, 1.165) is 11.3 Å². The van der Waals surface area contributed by atoms with Crippen LogP contribution < -0.4 is 10.3 Å². The van der Waals surface area contributed by atoms with Gasteiger partial charge in [-0.3, -0.25) is 19.5 Å². The number of para-hydroxylation sites is 2. The second-order valence-electron chi connectivity index (χ2n) is 7.19. The number of fused-ring (bicyclic) bond motifs is 1. The van der Waals surface area contributed by atoms with Crippen molar-refractivity contribution in [1.82, 2.24) is 29.5 Å². The van der Waals surface area contributed by atoms with Crippen LogP contribution in [0.3, 0.4) is 0 Å². The van der Waals surface area contributed by atoms with Gasteiger partial charge in [-0.05, 0) is 37.3 Å². The average molecular weight is 459 g/mol. The molecule has 0 aliphatic carbocycles. The molecule has 0 N–H and O–H groups in total. The highest BCUT2D eigenvalue weighted by Crippen LogP contribution is 2.24. The Morgan fingerprint density at radius 2 is 1.94 bits per heavy atom. The number of aromatic nitrogens is 6. The number of ether oxygens (including phenoxy) is 1. The Hall–Kier alpha value is -4.87. The van der Waals surface area contributed by atoms with Crippen molar-refractivity contribution in [2.45, 2.75) is 13.5 Å². The Morgan fingerprint density at radius 3 is 2.71 bits per heavy atom. The summed E-state index contributed by atoms with van der Waals surface area (Å²) in [5, 5.41) is 19.7. The van der Waals surface area contributed by atoms with Crippen LogP contribution in [0.15, 0.2) is 70.4 Å². The Kier molecular flexibility index (Phi) is 5.30. The van der Waals surface area contributed by atoms with Crippen LogP contribution in [-0.2, 0) is 6.54 Å². The summed E-state index contributed by atoms with van der Waals surface area (Å²) < 4.78 is 13.3. The molecule has 5 rings (SSSR count). The predicted octanol–water partition coefficient (Wildman–Crippen LogP) is 2.99. The van der Waals surface area contributed by atoms with Gasteiger partial charge in [0, 0.05) is 11.6 Å². The largest absolute Gasteiger partial charge is 0.494 e. The maximum absolute atomic E-state index is 13.0. The van der Waals surface area contributed by atoms with E-state index >= 15 is 0 Å². The number of nitrogens with zero attached hydrogens (tertiary/aromatic N) is 7. The lowest BCUT2D eigenvalue weighted by atomic mass is 10.2. The quantitative estimate of drug-likeness (QED) is 0.265. The van der Waals surface area contributed by atoms with E-state index < -0.39 is 10.5 Å². The minimum atomic E-state index is -0.512. The normalized spacial score (nSPS) is 11.1. The highest BCUT2D eigenvalue weighted by Gasteiger charge is 2.19. The first-order chi connectivity index (χ1) is 16.5. The minimum absolute atomic E-state index is 0.00245. The van der Waals surface area contributed by atoms with E-state index in [4.69, 9.17) is 9.26 Å². The maximum Gasteiger partial charge on any atom is 0.294 e. The molecule has 5 aromatic rings. The van der Waals surface area contributed by atoms with Crippen molar-refractivity contribution in [2.24, 2.45) is 0 Å². The van der Waals surface area contributed by atoms with Gasteiger partial charge in [0.25, 0.3) is 11.2 Å². The first kappa shape index (κ1) is 21.0. The number of hydrogen-bond acceptors (Lipinski definition) is 9. The molecular weight excluding hydrogens is 442 g/mol. The molecule has 3 heterocycles. The van der Waals surface area contributed by atoms with Crippen LogP contribution in [0.4, 0.5) is 5.69 Å². The smallest absolute Gasteiger partial charge is 0.294 e. The van der Waals surface area contributed by atoms with Crippen LogP contribution in [0.25, 0.3) is 28.1 Å². The zero-order valence-corrected chi connectivity index (χ0v) is 17.9. The average Bonchev–Trinajstić information content (AvgIpc) is 3.49. The molecule has 0 aliphatic heterocycles. The number of benzene rings is 2. The highest BCUT2D eigenvalue weighted by molar-refractivity contribution is 5.76. The summed E-state index contributed by atoms with van der Waals surface area (Å²) in [7, 11) is 0. The second kappa shape index (κ2) is 8.58. The van der Waals surface area contributed by atoms with Gasteiger partial charge in [-0.25, -0.2) is 9.67 Å². The van der Waals surface area contributed by atoms with Gasteiger partial charge in [-0.2, -0.15) is 10.1 Å². The van der Waals surface area contributed by atoms with Crippen LogP contribution in [-0.4, -0.2) is 41.0 Å².